The summed E-state index contributed by atoms with van der Waals surface area (Å²) in [5.74, 6) is -0.952. The zero-order valence-corrected chi connectivity index (χ0v) is 17.8. The van der Waals surface area contributed by atoms with Gasteiger partial charge in [0.1, 0.15) is 30.4 Å². The van der Waals surface area contributed by atoms with E-state index < -0.39 is 21.7 Å². The van der Waals surface area contributed by atoms with E-state index in [0.717, 1.165) is 24.1 Å². The highest BCUT2D eigenvalue weighted by molar-refractivity contribution is 7.92. The zero-order valence-electron chi connectivity index (χ0n) is 17.0. The molecule has 162 valence electrons. The van der Waals surface area contributed by atoms with Crippen molar-refractivity contribution >= 4 is 27.3 Å². The lowest BCUT2D eigenvalue weighted by atomic mass is 10.00. The number of halogens is 2. The zero-order chi connectivity index (χ0) is 21.9. The minimum absolute atomic E-state index is 0.0186. The van der Waals surface area contributed by atoms with E-state index in [1.807, 2.05) is 0 Å². The number of nitrogens with one attached hydrogen (secondary N) is 2. The highest BCUT2D eigenvalue weighted by atomic mass is 32.2. The second-order valence-corrected chi connectivity index (χ2v) is 9.38. The van der Waals surface area contributed by atoms with Crippen molar-refractivity contribution in [1.29, 1.82) is 0 Å². The van der Waals surface area contributed by atoms with Crippen LogP contribution in [0.15, 0.2) is 42.5 Å². The van der Waals surface area contributed by atoms with Crippen LogP contribution in [-0.4, -0.2) is 46.3 Å². The van der Waals surface area contributed by atoms with Crippen LogP contribution in [0.5, 0.6) is 0 Å². The molecule has 1 amide bonds. The fourth-order valence-corrected chi connectivity index (χ4v) is 4.59. The Morgan fingerprint density at radius 2 is 1.90 bits per heavy atom. The predicted octanol–water partition coefficient (Wildman–Crippen LogP) is 2.79. The second kappa shape index (κ2) is 8.79. The molecule has 0 aromatic heterocycles. The van der Waals surface area contributed by atoms with Crippen LogP contribution in [0.25, 0.3) is 0 Å². The van der Waals surface area contributed by atoms with Gasteiger partial charge in [0.15, 0.2) is 0 Å². The van der Waals surface area contributed by atoms with Crippen LogP contribution in [0.1, 0.15) is 18.9 Å². The SMILES string of the molecule is CCC(=O)[N+]1(c2ccc(NS(C)(=O)=O)cc2)CCNC(Cc2cc(F)ccc2F)C1. The average Bonchev–Trinajstić information content (AvgIpc) is 2.69. The topological polar surface area (TPSA) is 75.3 Å². The number of sulfonamides is 1. The molecular weight excluding hydrogens is 412 g/mol. The molecule has 2 N–H and O–H groups in total. The van der Waals surface area contributed by atoms with Crippen LogP contribution in [0, 0.1) is 11.6 Å². The van der Waals surface area contributed by atoms with Gasteiger partial charge < -0.3 is 5.32 Å². The molecule has 2 aromatic rings. The number of amides is 1. The van der Waals surface area contributed by atoms with Crippen LogP contribution in [0.4, 0.5) is 20.2 Å². The third-order valence-corrected chi connectivity index (χ3v) is 5.98. The highest BCUT2D eigenvalue weighted by Crippen LogP contribution is 2.29. The molecule has 3 rings (SSSR count). The summed E-state index contributed by atoms with van der Waals surface area (Å²) in [5.41, 5.74) is 1.42. The summed E-state index contributed by atoms with van der Waals surface area (Å²) in [4.78, 5) is 13.0. The summed E-state index contributed by atoms with van der Waals surface area (Å²) in [5, 5.41) is 3.31. The number of carbonyl (C=O) groups is 1. The van der Waals surface area contributed by atoms with Crippen LogP contribution in [0.2, 0.25) is 0 Å². The Labute approximate surface area is 175 Å². The fourth-order valence-electron chi connectivity index (χ4n) is 4.03. The Morgan fingerprint density at radius 3 is 2.53 bits per heavy atom. The van der Waals surface area contributed by atoms with E-state index in [1.54, 1.807) is 31.2 Å². The summed E-state index contributed by atoms with van der Waals surface area (Å²) in [6.45, 7) is 3.25. The first kappa shape index (κ1) is 22.3. The number of hydrogen-bond donors (Lipinski definition) is 2. The first-order valence-electron chi connectivity index (χ1n) is 9.79. The summed E-state index contributed by atoms with van der Waals surface area (Å²) in [7, 11) is -3.40. The molecule has 2 unspecified atom stereocenters. The molecule has 9 heteroatoms. The maximum absolute atomic E-state index is 14.1. The largest absolute Gasteiger partial charge is 0.318 e. The number of nitrogens with zero attached hydrogens (tertiary/aromatic N) is 1. The molecular formula is C21H26F2N3O3S+. The lowest BCUT2D eigenvalue weighted by molar-refractivity contribution is -0.131. The highest BCUT2D eigenvalue weighted by Gasteiger charge is 2.42. The van der Waals surface area contributed by atoms with Crippen LogP contribution in [0.3, 0.4) is 0 Å². The molecule has 1 fully saturated rings. The monoisotopic (exact) mass is 438 g/mol. The molecule has 1 heterocycles. The van der Waals surface area contributed by atoms with E-state index in [2.05, 4.69) is 10.0 Å². The lowest BCUT2D eigenvalue weighted by Gasteiger charge is -2.42. The van der Waals surface area contributed by atoms with Gasteiger partial charge in [-0.3, -0.25) is 4.72 Å². The average molecular weight is 439 g/mol. The molecule has 0 radical (unpaired) electrons. The molecule has 2 atom stereocenters. The lowest BCUT2D eigenvalue weighted by Crippen LogP contribution is -2.66. The Bertz CT molecular complexity index is 1030. The molecule has 6 nitrogen and oxygen atoms in total. The van der Waals surface area contributed by atoms with Crippen molar-refractivity contribution in [2.75, 3.05) is 30.6 Å². The van der Waals surface area contributed by atoms with Crippen molar-refractivity contribution in [3.63, 3.8) is 0 Å². The van der Waals surface area contributed by atoms with Crippen molar-refractivity contribution in [2.45, 2.75) is 25.8 Å². The smallest absolute Gasteiger partial charge is 0.303 e. The number of rotatable bonds is 6. The van der Waals surface area contributed by atoms with Crippen molar-refractivity contribution in [1.82, 2.24) is 9.80 Å². The number of hydrogen-bond acceptors (Lipinski definition) is 4. The van der Waals surface area contributed by atoms with E-state index in [4.69, 9.17) is 0 Å². The van der Waals surface area contributed by atoms with Crippen molar-refractivity contribution in [2.24, 2.45) is 0 Å². The molecule has 30 heavy (non-hydrogen) atoms. The van der Waals surface area contributed by atoms with Gasteiger partial charge in [-0.05, 0) is 42.3 Å². The van der Waals surface area contributed by atoms with Crippen LogP contribution < -0.4 is 14.5 Å². The third kappa shape index (κ3) is 5.03. The molecule has 0 aliphatic carbocycles. The Morgan fingerprint density at radius 1 is 1.20 bits per heavy atom. The molecule has 1 aliphatic rings. The Balaban J connectivity index is 1.89. The predicted molar refractivity (Wildman–Crippen MR) is 114 cm³/mol. The van der Waals surface area contributed by atoms with E-state index >= 15 is 0 Å². The van der Waals surface area contributed by atoms with Crippen molar-refractivity contribution in [3.8, 4) is 0 Å². The number of carbonyl (C=O) groups excluding carboxylic acids is 1. The molecule has 0 saturated carbocycles. The number of anilines is 1. The molecule has 0 bridgehead atoms. The van der Waals surface area contributed by atoms with Gasteiger partial charge in [0.05, 0.1) is 18.7 Å². The van der Waals surface area contributed by atoms with E-state index in [-0.39, 0.29) is 28.4 Å². The molecule has 0 spiro atoms. The summed E-state index contributed by atoms with van der Waals surface area (Å²) >= 11 is 0. The summed E-state index contributed by atoms with van der Waals surface area (Å²) in [6, 6.07) is 9.90. The van der Waals surface area contributed by atoms with Gasteiger partial charge in [0, 0.05) is 24.4 Å². The standard InChI is InChI=1S/C21H26F2N3O3S/c1-3-21(27)26(19-7-5-17(6-8-19)25-30(2,28)29)11-10-24-18(14-26)13-15-12-16(22)4-9-20(15)23/h4-9,12,18,24-25H,3,10-11,13-14H2,1-2H3/q+1. The normalized spacial score (nSPS) is 21.9. The molecule has 1 aliphatic heterocycles. The molecule has 1 saturated heterocycles. The second-order valence-electron chi connectivity index (χ2n) is 7.63. The van der Waals surface area contributed by atoms with Gasteiger partial charge in [-0.25, -0.2) is 26.5 Å². The first-order chi connectivity index (χ1) is 14.1. The van der Waals surface area contributed by atoms with Gasteiger partial charge >= 0.3 is 5.91 Å². The Hall–Kier alpha value is -2.36. The van der Waals surface area contributed by atoms with Crippen molar-refractivity contribution in [3.05, 3.63) is 59.7 Å². The molecule has 2 aromatic carbocycles. The van der Waals surface area contributed by atoms with E-state index in [9.17, 15) is 22.0 Å². The van der Waals surface area contributed by atoms with Gasteiger partial charge in [-0.1, -0.05) is 6.92 Å². The van der Waals surface area contributed by atoms with Gasteiger partial charge in [-0.2, -0.15) is 0 Å². The van der Waals surface area contributed by atoms with E-state index in [1.165, 1.54) is 6.07 Å². The quantitative estimate of drug-likeness (QED) is 0.680. The van der Waals surface area contributed by atoms with Gasteiger partial charge in [0.2, 0.25) is 10.0 Å². The number of benzene rings is 2. The van der Waals surface area contributed by atoms with Crippen LogP contribution in [-0.2, 0) is 21.2 Å². The minimum Gasteiger partial charge on any atom is -0.303 e. The maximum atomic E-state index is 14.1. The first-order valence-corrected chi connectivity index (χ1v) is 11.7. The van der Waals surface area contributed by atoms with E-state index in [0.29, 0.717) is 31.7 Å². The summed E-state index contributed by atoms with van der Waals surface area (Å²) in [6.07, 6.45) is 1.65. The number of quaternary nitrogens is 1. The number of piperazine rings is 1. The summed E-state index contributed by atoms with van der Waals surface area (Å²) < 4.78 is 53.0. The minimum atomic E-state index is -3.40. The maximum Gasteiger partial charge on any atom is 0.318 e. The Kier molecular flexibility index (Phi) is 6.54. The fraction of sp³-hybridized carbons (Fsp3) is 0.381. The van der Waals surface area contributed by atoms with Crippen LogP contribution >= 0.6 is 0 Å². The van der Waals surface area contributed by atoms with Crippen molar-refractivity contribution < 1.29 is 22.0 Å². The van der Waals surface area contributed by atoms with Gasteiger partial charge in [0.25, 0.3) is 0 Å². The third-order valence-electron chi connectivity index (χ3n) is 5.38. The van der Waals surface area contributed by atoms with Gasteiger partial charge in [-0.15, -0.1) is 0 Å².